The van der Waals surface area contributed by atoms with Crippen LogP contribution in [0.3, 0.4) is 0 Å². The van der Waals surface area contributed by atoms with Crippen molar-refractivity contribution < 1.29 is 23.9 Å². The zero-order chi connectivity index (χ0) is 21.7. The molecule has 2 fully saturated rings. The number of nitrogens with zero attached hydrogens (tertiary/aromatic N) is 2. The smallest absolute Gasteiger partial charge is 0.324 e. The van der Waals surface area contributed by atoms with Crippen LogP contribution in [0.5, 0.6) is 0 Å². The molecule has 1 N–H and O–H groups in total. The van der Waals surface area contributed by atoms with E-state index in [1.165, 1.54) is 0 Å². The molecule has 0 saturated carbocycles. The van der Waals surface area contributed by atoms with Crippen molar-refractivity contribution in [2.75, 3.05) is 5.75 Å². The molecule has 0 unspecified atom stereocenters. The summed E-state index contributed by atoms with van der Waals surface area (Å²) in [5, 5.41) is 7.40. The number of aromatic nitrogens is 3. The predicted octanol–water partition coefficient (Wildman–Crippen LogP) is 3.31. The summed E-state index contributed by atoms with van der Waals surface area (Å²) in [5.74, 6) is -1.03. The average molecular weight is 494 g/mol. The molecule has 0 bridgehead atoms. The highest BCUT2D eigenvalue weighted by Crippen LogP contribution is 2.52. The molecule has 10 heteroatoms. The third kappa shape index (κ3) is 3.56. The van der Waals surface area contributed by atoms with E-state index in [0.717, 1.165) is 21.8 Å². The van der Waals surface area contributed by atoms with E-state index < -0.39 is 28.6 Å². The molecule has 0 aliphatic carbocycles. The minimum atomic E-state index is -1.41. The van der Waals surface area contributed by atoms with Crippen LogP contribution >= 0.6 is 27.7 Å². The first-order valence-electron chi connectivity index (χ1n) is 9.35. The van der Waals surface area contributed by atoms with Crippen molar-refractivity contribution in [1.29, 1.82) is 0 Å². The van der Waals surface area contributed by atoms with Gasteiger partial charge in [0.25, 0.3) is 0 Å². The van der Waals surface area contributed by atoms with E-state index in [0.29, 0.717) is 11.0 Å². The van der Waals surface area contributed by atoms with Gasteiger partial charge in [-0.1, -0.05) is 45.9 Å². The quantitative estimate of drug-likeness (QED) is 0.383. The molecule has 2 aromatic rings. The summed E-state index contributed by atoms with van der Waals surface area (Å²) in [5.41, 5.74) is -2.70. The van der Waals surface area contributed by atoms with Crippen molar-refractivity contribution in [1.82, 2.24) is 15.2 Å². The molecule has 2 aliphatic rings. The number of carbonyl (C=O) groups excluding carboxylic acids is 3. The summed E-state index contributed by atoms with van der Waals surface area (Å²) in [7, 11) is 0. The molecular formula is C20H20BrN3O5S. The maximum absolute atomic E-state index is 12.9. The number of hydrogen-bond donors (Lipinski definition) is 1. The fraction of sp³-hybridized carbons (Fsp3) is 0.450. The van der Waals surface area contributed by atoms with E-state index >= 15 is 0 Å². The standard InChI is InChI=1S/C20H20BrN3O5S/c1-18(2)9-20(15(26)28-18)10-19(3,29-16(20)27)13(25)8-30-17-22-14(23-24-17)11-6-4-5-7-12(11)21/h4-7H,8-10H2,1-3H3,(H,22,23,24)/t19-,20+/m1/s1. The van der Waals surface area contributed by atoms with Crippen molar-refractivity contribution in [2.45, 2.75) is 50.0 Å². The van der Waals surface area contributed by atoms with Crippen LogP contribution in [0.25, 0.3) is 11.4 Å². The Kier molecular flexibility index (Phi) is 5.05. The van der Waals surface area contributed by atoms with Crippen molar-refractivity contribution in [3.05, 3.63) is 28.7 Å². The van der Waals surface area contributed by atoms with Crippen molar-refractivity contribution in [2.24, 2.45) is 5.41 Å². The Morgan fingerprint density at radius 3 is 2.53 bits per heavy atom. The Hall–Kier alpha value is -2.20. The number of nitrogens with one attached hydrogen (secondary N) is 1. The van der Waals surface area contributed by atoms with Crippen LogP contribution in [0.4, 0.5) is 0 Å². The summed E-state index contributed by atoms with van der Waals surface area (Å²) >= 11 is 4.61. The number of H-pyrrole nitrogens is 1. The van der Waals surface area contributed by atoms with Crippen LogP contribution in [0.15, 0.2) is 33.9 Å². The van der Waals surface area contributed by atoms with Crippen molar-refractivity contribution >= 4 is 45.4 Å². The number of rotatable bonds is 5. The molecule has 3 heterocycles. The van der Waals surface area contributed by atoms with Gasteiger partial charge in [-0.3, -0.25) is 19.5 Å². The molecule has 158 valence electrons. The summed E-state index contributed by atoms with van der Waals surface area (Å²) in [6, 6.07) is 7.58. The first kappa shape index (κ1) is 21.0. The lowest BCUT2D eigenvalue weighted by atomic mass is 9.75. The van der Waals surface area contributed by atoms with Crippen LogP contribution < -0.4 is 0 Å². The molecular weight excluding hydrogens is 474 g/mol. The third-order valence-corrected chi connectivity index (χ3v) is 6.89. The Morgan fingerprint density at radius 1 is 1.17 bits per heavy atom. The lowest BCUT2D eigenvalue weighted by molar-refractivity contribution is -0.162. The van der Waals surface area contributed by atoms with Gasteiger partial charge in [-0.2, -0.15) is 0 Å². The largest absolute Gasteiger partial charge is 0.459 e. The SMILES string of the molecule is CC1(C)C[C@]2(C[C@](C)(C(=O)CSc3n[nH]c(-c4ccccc4Br)n3)OC2=O)C(=O)O1. The highest BCUT2D eigenvalue weighted by atomic mass is 79.9. The molecule has 0 radical (unpaired) electrons. The average Bonchev–Trinajstić information content (AvgIpc) is 3.29. The Balaban J connectivity index is 1.45. The highest BCUT2D eigenvalue weighted by Gasteiger charge is 2.67. The number of ether oxygens (including phenoxy) is 2. The maximum atomic E-state index is 12.9. The summed E-state index contributed by atoms with van der Waals surface area (Å²) in [4.78, 5) is 42.3. The van der Waals surface area contributed by atoms with Gasteiger partial charge in [0.05, 0.1) is 5.75 Å². The molecule has 4 rings (SSSR count). The molecule has 2 aliphatic heterocycles. The number of halogens is 1. The van der Waals surface area contributed by atoms with Gasteiger partial charge < -0.3 is 9.47 Å². The Labute approximate surface area is 185 Å². The van der Waals surface area contributed by atoms with Gasteiger partial charge in [0.2, 0.25) is 5.16 Å². The number of carbonyl (C=O) groups is 3. The van der Waals surface area contributed by atoms with Gasteiger partial charge in [-0.05, 0) is 26.8 Å². The summed E-state index contributed by atoms with van der Waals surface area (Å²) < 4.78 is 11.6. The highest BCUT2D eigenvalue weighted by molar-refractivity contribution is 9.10. The number of benzene rings is 1. The fourth-order valence-corrected chi connectivity index (χ4v) is 5.29. The molecule has 8 nitrogen and oxygen atoms in total. The van der Waals surface area contributed by atoms with E-state index in [1.807, 2.05) is 24.3 Å². The Morgan fingerprint density at radius 2 is 1.87 bits per heavy atom. The molecule has 2 saturated heterocycles. The van der Waals surface area contributed by atoms with E-state index in [1.54, 1.807) is 20.8 Å². The first-order chi connectivity index (χ1) is 14.0. The molecule has 1 spiro atoms. The summed E-state index contributed by atoms with van der Waals surface area (Å²) in [6.07, 6.45) is 0.181. The lowest BCUT2D eigenvalue weighted by Gasteiger charge is -2.21. The van der Waals surface area contributed by atoms with Gasteiger partial charge in [0.1, 0.15) is 5.60 Å². The number of cyclic esters (lactones) is 2. The Bertz CT molecular complexity index is 1050. The zero-order valence-corrected chi connectivity index (χ0v) is 19.1. The summed E-state index contributed by atoms with van der Waals surface area (Å²) in [6.45, 7) is 5.03. The lowest BCUT2D eigenvalue weighted by Crippen LogP contribution is -2.38. The molecule has 2 atom stereocenters. The topological polar surface area (TPSA) is 111 Å². The van der Waals surface area contributed by atoms with E-state index in [-0.39, 0.29) is 24.4 Å². The first-order valence-corrected chi connectivity index (χ1v) is 11.1. The minimum Gasteiger partial charge on any atom is -0.459 e. The van der Waals surface area contributed by atoms with Gasteiger partial charge in [-0.15, -0.1) is 5.10 Å². The minimum absolute atomic E-state index is 0.00551. The van der Waals surface area contributed by atoms with Crippen LogP contribution in [-0.4, -0.2) is 49.9 Å². The number of thioether (sulfide) groups is 1. The normalized spacial score (nSPS) is 27.3. The maximum Gasteiger partial charge on any atom is 0.324 e. The van der Waals surface area contributed by atoms with E-state index in [9.17, 15) is 14.4 Å². The van der Waals surface area contributed by atoms with Crippen LogP contribution in [0, 0.1) is 5.41 Å². The van der Waals surface area contributed by atoms with Crippen LogP contribution in [-0.2, 0) is 23.9 Å². The second kappa shape index (κ2) is 7.19. The number of ketones is 1. The molecule has 1 aromatic heterocycles. The molecule has 1 aromatic carbocycles. The number of Topliss-reactive ketones (excluding diaryl/α,β-unsaturated/α-hetero) is 1. The number of aromatic amines is 1. The number of hydrogen-bond acceptors (Lipinski definition) is 8. The van der Waals surface area contributed by atoms with Crippen LogP contribution in [0.1, 0.15) is 33.6 Å². The van der Waals surface area contributed by atoms with Crippen LogP contribution in [0.2, 0.25) is 0 Å². The zero-order valence-electron chi connectivity index (χ0n) is 16.7. The predicted molar refractivity (Wildman–Crippen MR) is 112 cm³/mol. The fourth-order valence-electron chi connectivity index (χ4n) is 3.98. The van der Waals surface area contributed by atoms with E-state index in [2.05, 4.69) is 31.1 Å². The van der Waals surface area contributed by atoms with Gasteiger partial charge in [0.15, 0.2) is 22.6 Å². The third-order valence-electron chi connectivity index (χ3n) is 5.35. The molecule has 30 heavy (non-hydrogen) atoms. The second-order valence-corrected chi connectivity index (χ2v) is 10.2. The van der Waals surface area contributed by atoms with Crippen molar-refractivity contribution in [3.8, 4) is 11.4 Å². The van der Waals surface area contributed by atoms with E-state index in [4.69, 9.17) is 9.47 Å². The van der Waals surface area contributed by atoms with Gasteiger partial charge in [-0.25, -0.2) is 4.98 Å². The molecule has 0 amide bonds. The van der Waals surface area contributed by atoms with Gasteiger partial charge in [0, 0.05) is 22.9 Å². The van der Waals surface area contributed by atoms with Gasteiger partial charge >= 0.3 is 11.9 Å². The second-order valence-electron chi connectivity index (χ2n) is 8.36. The number of esters is 2. The monoisotopic (exact) mass is 493 g/mol. The van der Waals surface area contributed by atoms with Crippen molar-refractivity contribution in [3.63, 3.8) is 0 Å².